The summed E-state index contributed by atoms with van der Waals surface area (Å²) >= 11 is 11.9. The van der Waals surface area contributed by atoms with E-state index >= 15 is 0 Å². The van der Waals surface area contributed by atoms with E-state index in [4.69, 9.17) is 32.7 Å². The maximum atomic E-state index is 12.5. The molecule has 1 amide bonds. The first-order valence-electron chi connectivity index (χ1n) is 9.23. The number of anilines is 1. The SMILES string of the molecule is COc1ccc(C(=O)Oc2cccc(/C=C(\C#N)C(=O)Nc3cc(Cl)cc(Cl)c3)c2)cc1. The largest absolute Gasteiger partial charge is 0.497 e. The number of hydrogen-bond acceptors (Lipinski definition) is 5. The van der Waals surface area contributed by atoms with Crippen molar-refractivity contribution in [3.63, 3.8) is 0 Å². The van der Waals surface area contributed by atoms with Crippen LogP contribution in [0.4, 0.5) is 5.69 Å². The van der Waals surface area contributed by atoms with Gasteiger partial charge in [-0.1, -0.05) is 35.3 Å². The number of nitrogens with one attached hydrogen (secondary N) is 1. The molecule has 0 atom stereocenters. The van der Waals surface area contributed by atoms with E-state index in [0.717, 1.165) is 0 Å². The second-order valence-electron chi connectivity index (χ2n) is 6.47. The fraction of sp³-hybridized carbons (Fsp3) is 0.0417. The third-order valence-electron chi connectivity index (χ3n) is 4.19. The smallest absolute Gasteiger partial charge is 0.343 e. The molecule has 0 radical (unpaired) electrons. The van der Waals surface area contributed by atoms with Crippen molar-refractivity contribution >= 4 is 46.8 Å². The van der Waals surface area contributed by atoms with E-state index in [-0.39, 0.29) is 11.3 Å². The molecule has 0 fully saturated rings. The summed E-state index contributed by atoms with van der Waals surface area (Å²) in [7, 11) is 1.53. The average Bonchev–Trinajstić information content (AvgIpc) is 2.77. The molecule has 1 N–H and O–H groups in total. The molecule has 0 bridgehead atoms. The van der Waals surface area contributed by atoms with Crippen LogP contribution in [0.5, 0.6) is 11.5 Å². The minimum Gasteiger partial charge on any atom is -0.497 e. The fourth-order valence-corrected chi connectivity index (χ4v) is 3.23. The molecule has 3 rings (SSSR count). The highest BCUT2D eigenvalue weighted by Crippen LogP contribution is 2.23. The molecule has 0 aliphatic rings. The predicted octanol–water partition coefficient (Wildman–Crippen LogP) is 5.77. The second kappa shape index (κ2) is 10.5. The molecular formula is C24H16Cl2N2O4. The van der Waals surface area contributed by atoms with Crippen molar-refractivity contribution in [2.45, 2.75) is 0 Å². The van der Waals surface area contributed by atoms with Gasteiger partial charge in [-0.05, 0) is 66.2 Å². The lowest BCUT2D eigenvalue weighted by Gasteiger charge is -2.07. The maximum Gasteiger partial charge on any atom is 0.343 e. The van der Waals surface area contributed by atoms with Gasteiger partial charge in [0.25, 0.3) is 5.91 Å². The summed E-state index contributed by atoms with van der Waals surface area (Å²) in [5, 5.41) is 12.7. The number of carbonyl (C=O) groups is 2. The van der Waals surface area contributed by atoms with Crippen LogP contribution >= 0.6 is 23.2 Å². The average molecular weight is 467 g/mol. The Morgan fingerprint density at radius 1 is 0.969 bits per heavy atom. The summed E-state index contributed by atoms with van der Waals surface area (Å²) in [6.45, 7) is 0. The van der Waals surface area contributed by atoms with E-state index in [1.807, 2.05) is 6.07 Å². The van der Waals surface area contributed by atoms with E-state index in [2.05, 4.69) is 5.32 Å². The number of benzene rings is 3. The van der Waals surface area contributed by atoms with Crippen molar-refractivity contribution < 1.29 is 19.1 Å². The molecule has 0 saturated heterocycles. The Morgan fingerprint density at radius 3 is 2.28 bits per heavy atom. The highest BCUT2D eigenvalue weighted by atomic mass is 35.5. The number of ether oxygens (including phenoxy) is 2. The van der Waals surface area contributed by atoms with Crippen LogP contribution in [0.3, 0.4) is 0 Å². The Morgan fingerprint density at radius 2 is 1.66 bits per heavy atom. The first-order chi connectivity index (χ1) is 15.4. The number of halogens is 2. The highest BCUT2D eigenvalue weighted by molar-refractivity contribution is 6.35. The molecule has 0 unspecified atom stereocenters. The number of methoxy groups -OCH3 is 1. The van der Waals surface area contributed by atoms with Crippen LogP contribution in [-0.2, 0) is 4.79 Å². The lowest BCUT2D eigenvalue weighted by molar-refractivity contribution is -0.112. The molecule has 0 aliphatic heterocycles. The zero-order valence-corrected chi connectivity index (χ0v) is 18.3. The maximum absolute atomic E-state index is 12.5. The Hall–Kier alpha value is -3.79. The quantitative estimate of drug-likeness (QED) is 0.215. The number of nitriles is 1. The Kier molecular flexibility index (Phi) is 7.50. The van der Waals surface area contributed by atoms with Crippen molar-refractivity contribution in [1.82, 2.24) is 0 Å². The Balaban J connectivity index is 1.75. The van der Waals surface area contributed by atoms with Gasteiger partial charge in [-0.2, -0.15) is 5.26 Å². The van der Waals surface area contributed by atoms with Crippen LogP contribution in [0.15, 0.2) is 72.3 Å². The molecule has 3 aromatic rings. The van der Waals surface area contributed by atoms with Crippen LogP contribution in [0.1, 0.15) is 15.9 Å². The molecular weight excluding hydrogens is 451 g/mol. The lowest BCUT2D eigenvalue weighted by Crippen LogP contribution is -2.13. The lowest BCUT2D eigenvalue weighted by atomic mass is 10.1. The predicted molar refractivity (Wildman–Crippen MR) is 123 cm³/mol. The van der Waals surface area contributed by atoms with Crippen LogP contribution in [0, 0.1) is 11.3 Å². The number of carbonyl (C=O) groups excluding carboxylic acids is 2. The van der Waals surface area contributed by atoms with E-state index in [9.17, 15) is 14.9 Å². The Bertz CT molecular complexity index is 1210. The minimum absolute atomic E-state index is 0.153. The fourth-order valence-electron chi connectivity index (χ4n) is 2.70. The van der Waals surface area contributed by atoms with Crippen LogP contribution in [0.2, 0.25) is 10.0 Å². The standard InChI is InChI=1S/C24H16Cl2N2O4/c1-31-21-7-5-16(6-8-21)24(30)32-22-4-2-3-15(10-22)9-17(14-27)23(29)28-20-12-18(25)11-19(26)13-20/h2-13H,1H3,(H,28,29)/b17-9+. The van der Waals surface area contributed by atoms with Crippen molar-refractivity contribution in [2.24, 2.45) is 0 Å². The topological polar surface area (TPSA) is 88.4 Å². The van der Waals surface area contributed by atoms with Gasteiger partial charge in [0.2, 0.25) is 0 Å². The van der Waals surface area contributed by atoms with Crippen LogP contribution < -0.4 is 14.8 Å². The number of amides is 1. The van der Waals surface area contributed by atoms with Gasteiger partial charge in [-0.15, -0.1) is 0 Å². The zero-order valence-electron chi connectivity index (χ0n) is 16.8. The minimum atomic E-state index is -0.633. The number of hydrogen-bond donors (Lipinski definition) is 1. The monoisotopic (exact) mass is 466 g/mol. The number of nitrogens with zero attached hydrogens (tertiary/aromatic N) is 1. The molecule has 0 saturated carbocycles. The van der Waals surface area contributed by atoms with E-state index in [1.54, 1.807) is 48.5 Å². The first-order valence-corrected chi connectivity index (χ1v) is 9.99. The first kappa shape index (κ1) is 22.9. The van der Waals surface area contributed by atoms with Gasteiger partial charge < -0.3 is 14.8 Å². The van der Waals surface area contributed by atoms with Gasteiger partial charge in [0.15, 0.2) is 0 Å². The van der Waals surface area contributed by atoms with Gasteiger partial charge in [0, 0.05) is 15.7 Å². The second-order valence-corrected chi connectivity index (χ2v) is 7.35. The Labute approximate surface area is 194 Å². The van der Waals surface area contributed by atoms with Gasteiger partial charge in [0.1, 0.15) is 23.1 Å². The van der Waals surface area contributed by atoms with Gasteiger partial charge in [0.05, 0.1) is 12.7 Å². The molecule has 32 heavy (non-hydrogen) atoms. The normalized spacial score (nSPS) is 10.8. The molecule has 0 aliphatic carbocycles. The van der Waals surface area contributed by atoms with E-state index < -0.39 is 11.9 Å². The summed E-state index contributed by atoms with van der Waals surface area (Å²) in [6.07, 6.45) is 1.38. The summed E-state index contributed by atoms with van der Waals surface area (Å²) in [4.78, 5) is 24.8. The summed E-state index contributed by atoms with van der Waals surface area (Å²) < 4.78 is 10.5. The number of rotatable bonds is 6. The third-order valence-corrected chi connectivity index (χ3v) is 4.63. The molecule has 8 heteroatoms. The van der Waals surface area contributed by atoms with E-state index in [1.165, 1.54) is 31.4 Å². The van der Waals surface area contributed by atoms with Gasteiger partial charge in [-0.3, -0.25) is 4.79 Å². The third kappa shape index (κ3) is 6.11. The molecule has 0 heterocycles. The molecule has 6 nitrogen and oxygen atoms in total. The van der Waals surface area contributed by atoms with Gasteiger partial charge in [-0.25, -0.2) is 4.79 Å². The molecule has 0 spiro atoms. The molecule has 0 aromatic heterocycles. The van der Waals surface area contributed by atoms with Crippen LogP contribution in [0.25, 0.3) is 6.08 Å². The van der Waals surface area contributed by atoms with Crippen molar-refractivity contribution in [3.05, 3.63) is 93.5 Å². The summed E-state index contributed by atoms with van der Waals surface area (Å²) in [5.74, 6) is -0.300. The number of esters is 1. The van der Waals surface area contributed by atoms with Crippen molar-refractivity contribution in [2.75, 3.05) is 12.4 Å². The molecule has 3 aromatic carbocycles. The van der Waals surface area contributed by atoms with Crippen molar-refractivity contribution in [3.8, 4) is 17.6 Å². The van der Waals surface area contributed by atoms with Crippen molar-refractivity contribution in [1.29, 1.82) is 5.26 Å². The van der Waals surface area contributed by atoms with Crippen LogP contribution in [-0.4, -0.2) is 19.0 Å². The highest BCUT2D eigenvalue weighted by Gasteiger charge is 2.12. The molecule has 160 valence electrons. The van der Waals surface area contributed by atoms with Gasteiger partial charge >= 0.3 is 5.97 Å². The zero-order chi connectivity index (χ0) is 23.1. The summed E-state index contributed by atoms with van der Waals surface area (Å²) in [5.41, 5.74) is 1.06. The van der Waals surface area contributed by atoms with E-state index in [0.29, 0.717) is 32.6 Å². The summed E-state index contributed by atoms with van der Waals surface area (Å²) in [6, 6.07) is 19.4.